The molecule has 0 amide bonds. The monoisotopic (exact) mass is 199 g/mol. The first-order chi connectivity index (χ1) is 5.77. The average molecular weight is 200 g/mol. The van der Waals surface area contributed by atoms with Gasteiger partial charge in [-0.25, -0.2) is 0 Å². The third-order valence-corrected chi connectivity index (χ3v) is 2.16. The second-order valence-electron chi connectivity index (χ2n) is 1.99. The van der Waals surface area contributed by atoms with Crippen molar-refractivity contribution < 1.29 is 4.74 Å². The average Bonchev–Trinajstić information content (AvgIpc) is 2.05. The Labute approximate surface area is 80.1 Å². The van der Waals surface area contributed by atoms with Crippen LogP contribution in [0.2, 0.25) is 5.02 Å². The quantitative estimate of drug-likeness (QED) is 0.543. The number of nitriles is 1. The molecule has 0 aliphatic heterocycles. The highest BCUT2D eigenvalue weighted by molar-refractivity contribution is 8.03. The predicted octanol–water partition coefficient (Wildman–Crippen LogP) is 2.92. The number of thioether (sulfide) groups is 1. The first-order valence-electron chi connectivity index (χ1n) is 3.17. The number of methoxy groups -OCH3 is 1. The Bertz CT molecular complexity index is 321. The number of rotatable bonds is 2. The molecular formula is C8H6ClNOS. The fourth-order valence-corrected chi connectivity index (χ4v) is 1.50. The van der Waals surface area contributed by atoms with Crippen LogP contribution < -0.4 is 4.74 Å². The lowest BCUT2D eigenvalue weighted by Crippen LogP contribution is -1.83. The molecule has 12 heavy (non-hydrogen) atoms. The fourth-order valence-electron chi connectivity index (χ4n) is 0.763. The van der Waals surface area contributed by atoms with Crippen LogP contribution in [0.15, 0.2) is 23.1 Å². The second-order valence-corrected chi connectivity index (χ2v) is 3.26. The minimum Gasteiger partial charge on any atom is -0.495 e. The van der Waals surface area contributed by atoms with E-state index < -0.39 is 0 Å². The van der Waals surface area contributed by atoms with E-state index in [1.807, 2.05) is 5.40 Å². The van der Waals surface area contributed by atoms with E-state index in [9.17, 15) is 0 Å². The molecular weight excluding hydrogens is 194 g/mol. The van der Waals surface area contributed by atoms with Crippen molar-refractivity contribution in [2.75, 3.05) is 7.11 Å². The summed E-state index contributed by atoms with van der Waals surface area (Å²) < 4.78 is 4.95. The van der Waals surface area contributed by atoms with Crippen LogP contribution in [0, 0.1) is 10.7 Å². The van der Waals surface area contributed by atoms with Gasteiger partial charge in [0.25, 0.3) is 0 Å². The zero-order chi connectivity index (χ0) is 8.97. The number of nitrogens with zero attached hydrogens (tertiary/aromatic N) is 1. The fraction of sp³-hybridized carbons (Fsp3) is 0.125. The Kier molecular flexibility index (Phi) is 3.27. The summed E-state index contributed by atoms with van der Waals surface area (Å²) >= 11 is 6.89. The summed E-state index contributed by atoms with van der Waals surface area (Å²) in [6.07, 6.45) is 0. The van der Waals surface area contributed by atoms with Crippen molar-refractivity contribution in [1.82, 2.24) is 0 Å². The summed E-state index contributed by atoms with van der Waals surface area (Å²) in [6, 6.07) is 5.23. The van der Waals surface area contributed by atoms with Crippen molar-refractivity contribution in [2.24, 2.45) is 0 Å². The topological polar surface area (TPSA) is 33.0 Å². The molecule has 1 aromatic carbocycles. The molecule has 0 heterocycles. The van der Waals surface area contributed by atoms with Crippen LogP contribution >= 0.6 is 23.4 Å². The van der Waals surface area contributed by atoms with Crippen molar-refractivity contribution >= 4 is 23.4 Å². The molecule has 0 fully saturated rings. The summed E-state index contributed by atoms with van der Waals surface area (Å²) in [5.74, 6) is 0.624. The van der Waals surface area contributed by atoms with E-state index in [-0.39, 0.29) is 0 Å². The van der Waals surface area contributed by atoms with Crippen LogP contribution in [0.5, 0.6) is 5.75 Å². The molecule has 0 unspecified atom stereocenters. The van der Waals surface area contributed by atoms with E-state index in [0.717, 1.165) is 16.7 Å². The summed E-state index contributed by atoms with van der Waals surface area (Å²) in [7, 11) is 1.55. The van der Waals surface area contributed by atoms with Crippen LogP contribution in [-0.4, -0.2) is 7.11 Å². The molecule has 0 atom stereocenters. The molecule has 0 spiro atoms. The Hall–Kier alpha value is -0.850. The number of thiocyanates is 1. The van der Waals surface area contributed by atoms with E-state index >= 15 is 0 Å². The molecule has 0 bridgehead atoms. The SMILES string of the molecule is COc1ccc(SC#N)cc1Cl. The molecule has 2 nitrogen and oxygen atoms in total. The highest BCUT2D eigenvalue weighted by Crippen LogP contribution is 2.28. The highest BCUT2D eigenvalue weighted by Gasteiger charge is 2.00. The lowest BCUT2D eigenvalue weighted by Gasteiger charge is -2.02. The van der Waals surface area contributed by atoms with E-state index in [4.69, 9.17) is 21.6 Å². The molecule has 62 valence electrons. The molecule has 0 saturated heterocycles. The zero-order valence-electron chi connectivity index (χ0n) is 6.37. The van der Waals surface area contributed by atoms with Crippen LogP contribution in [0.4, 0.5) is 0 Å². The lowest BCUT2D eigenvalue weighted by atomic mass is 10.3. The van der Waals surface area contributed by atoms with Crippen LogP contribution in [-0.2, 0) is 0 Å². The third-order valence-electron chi connectivity index (χ3n) is 1.29. The Balaban J connectivity index is 2.95. The summed E-state index contributed by atoms with van der Waals surface area (Å²) in [5.41, 5.74) is 0. The van der Waals surface area contributed by atoms with Gasteiger partial charge in [-0.2, -0.15) is 5.26 Å². The summed E-state index contributed by atoms with van der Waals surface area (Å²) in [5, 5.41) is 10.9. The predicted molar refractivity (Wildman–Crippen MR) is 49.5 cm³/mol. The number of hydrogen-bond acceptors (Lipinski definition) is 3. The van der Waals surface area contributed by atoms with Gasteiger partial charge in [0.1, 0.15) is 11.2 Å². The number of benzene rings is 1. The summed E-state index contributed by atoms with van der Waals surface area (Å²) in [4.78, 5) is 0.823. The Morgan fingerprint density at radius 2 is 2.33 bits per heavy atom. The van der Waals surface area contributed by atoms with E-state index in [1.165, 1.54) is 0 Å². The lowest BCUT2D eigenvalue weighted by molar-refractivity contribution is 0.414. The Morgan fingerprint density at radius 3 is 2.83 bits per heavy atom. The van der Waals surface area contributed by atoms with Gasteiger partial charge in [0.05, 0.1) is 12.1 Å². The minimum absolute atomic E-state index is 0.526. The largest absolute Gasteiger partial charge is 0.495 e. The summed E-state index contributed by atoms with van der Waals surface area (Å²) in [6.45, 7) is 0. The van der Waals surface area contributed by atoms with Gasteiger partial charge in [0, 0.05) is 4.90 Å². The molecule has 1 rings (SSSR count). The number of ether oxygens (including phenoxy) is 1. The van der Waals surface area contributed by atoms with E-state index in [2.05, 4.69) is 0 Å². The Morgan fingerprint density at radius 1 is 1.58 bits per heavy atom. The second kappa shape index (κ2) is 4.24. The molecule has 4 heteroatoms. The van der Waals surface area contributed by atoms with Gasteiger partial charge in [-0.1, -0.05) is 11.6 Å². The number of hydrogen-bond donors (Lipinski definition) is 0. The maximum Gasteiger partial charge on any atom is 0.138 e. The van der Waals surface area contributed by atoms with Gasteiger partial charge in [-0.15, -0.1) is 0 Å². The standard InChI is InChI=1S/C8H6ClNOS/c1-11-8-3-2-6(12-5-10)4-7(8)9/h2-4H,1H3. The van der Waals surface area contributed by atoms with Crippen LogP contribution in [0.1, 0.15) is 0 Å². The maximum atomic E-state index is 8.38. The smallest absolute Gasteiger partial charge is 0.138 e. The van der Waals surface area contributed by atoms with Crippen molar-refractivity contribution in [2.45, 2.75) is 4.90 Å². The van der Waals surface area contributed by atoms with Crippen molar-refractivity contribution in [3.05, 3.63) is 23.2 Å². The van der Waals surface area contributed by atoms with E-state index in [1.54, 1.807) is 25.3 Å². The van der Waals surface area contributed by atoms with Crippen molar-refractivity contribution in [1.29, 1.82) is 5.26 Å². The molecule has 1 aromatic rings. The number of halogens is 1. The van der Waals surface area contributed by atoms with Gasteiger partial charge in [0.15, 0.2) is 0 Å². The molecule has 0 aliphatic rings. The van der Waals surface area contributed by atoms with Gasteiger partial charge in [0.2, 0.25) is 0 Å². The first kappa shape index (κ1) is 9.24. The maximum absolute atomic E-state index is 8.38. The normalized spacial score (nSPS) is 9.08. The van der Waals surface area contributed by atoms with Gasteiger partial charge < -0.3 is 4.74 Å². The molecule has 0 aromatic heterocycles. The van der Waals surface area contributed by atoms with E-state index in [0.29, 0.717) is 10.8 Å². The molecule has 0 radical (unpaired) electrons. The van der Waals surface area contributed by atoms with Gasteiger partial charge in [-0.3, -0.25) is 0 Å². The molecule has 0 saturated carbocycles. The highest BCUT2D eigenvalue weighted by atomic mass is 35.5. The van der Waals surface area contributed by atoms with Crippen molar-refractivity contribution in [3.63, 3.8) is 0 Å². The van der Waals surface area contributed by atoms with Gasteiger partial charge >= 0.3 is 0 Å². The molecule has 0 aliphatic carbocycles. The first-order valence-corrected chi connectivity index (χ1v) is 4.37. The molecule has 0 N–H and O–H groups in total. The van der Waals surface area contributed by atoms with Crippen LogP contribution in [0.3, 0.4) is 0 Å². The van der Waals surface area contributed by atoms with Gasteiger partial charge in [-0.05, 0) is 30.0 Å². The minimum atomic E-state index is 0.526. The zero-order valence-corrected chi connectivity index (χ0v) is 7.95. The third kappa shape index (κ3) is 2.07. The van der Waals surface area contributed by atoms with Crippen LogP contribution in [0.25, 0.3) is 0 Å². The van der Waals surface area contributed by atoms with Crippen molar-refractivity contribution in [3.8, 4) is 11.2 Å².